The van der Waals surface area contributed by atoms with Crippen LogP contribution in [0.4, 0.5) is 27.6 Å². The van der Waals surface area contributed by atoms with Crippen LogP contribution in [0.25, 0.3) is 0 Å². The largest absolute Gasteiger partial charge is 0.465 e. The van der Waals surface area contributed by atoms with Crippen molar-refractivity contribution >= 4 is 17.6 Å². The summed E-state index contributed by atoms with van der Waals surface area (Å²) in [5, 5.41) is 2.33. The molecule has 2 aromatic rings. The second-order valence-corrected chi connectivity index (χ2v) is 6.05. The first-order chi connectivity index (χ1) is 13.7. The Balaban J connectivity index is 1.91. The zero-order valence-corrected chi connectivity index (χ0v) is 14.6. The monoisotopic (exact) mass is 415 g/mol. The Kier molecular flexibility index (Phi) is 5.62. The van der Waals surface area contributed by atoms with E-state index in [0.29, 0.717) is 0 Å². The van der Waals surface area contributed by atoms with Crippen LogP contribution in [0.15, 0.2) is 35.6 Å². The van der Waals surface area contributed by atoms with Crippen LogP contribution in [0, 0.1) is 5.82 Å². The van der Waals surface area contributed by atoms with E-state index in [-0.39, 0.29) is 24.4 Å². The standard InChI is InChI=1S/C17H14F5N5O2/c18-10-2-1-8(26-14(28)12-7-24-11(6-25-12)13(19)20)5-9(10)17(15(21)22)3-4-29-16(23)27-17/h1-2,5-7,13,15H,3-4H2,(H2,23,27)(H,26,28)/t17-/m0/s1. The molecule has 0 saturated heterocycles. The van der Waals surface area contributed by atoms with Crippen molar-refractivity contribution in [3.05, 3.63) is 53.4 Å². The first kappa shape index (κ1) is 20.4. The van der Waals surface area contributed by atoms with Gasteiger partial charge in [0, 0.05) is 17.7 Å². The lowest BCUT2D eigenvalue weighted by Gasteiger charge is -2.33. The van der Waals surface area contributed by atoms with Crippen molar-refractivity contribution in [2.75, 3.05) is 11.9 Å². The topological polar surface area (TPSA) is 102 Å². The molecule has 12 heteroatoms. The first-order valence-electron chi connectivity index (χ1n) is 8.20. The van der Waals surface area contributed by atoms with Crippen molar-refractivity contribution in [1.29, 1.82) is 0 Å². The summed E-state index contributed by atoms with van der Waals surface area (Å²) in [5.74, 6) is -1.82. The summed E-state index contributed by atoms with van der Waals surface area (Å²) in [6, 6.07) is 2.54. The summed E-state index contributed by atoms with van der Waals surface area (Å²) in [6.07, 6.45) is -4.71. The van der Waals surface area contributed by atoms with Gasteiger partial charge in [-0.3, -0.25) is 9.78 Å². The lowest BCUT2D eigenvalue weighted by molar-refractivity contribution is 0.0247. The molecule has 0 fully saturated rings. The van der Waals surface area contributed by atoms with Gasteiger partial charge in [-0.1, -0.05) is 0 Å². The number of amidine groups is 1. The van der Waals surface area contributed by atoms with Gasteiger partial charge >= 0.3 is 0 Å². The molecule has 0 bridgehead atoms. The van der Waals surface area contributed by atoms with Crippen molar-refractivity contribution in [3.8, 4) is 0 Å². The molecule has 3 rings (SSSR count). The molecule has 1 amide bonds. The number of anilines is 1. The van der Waals surface area contributed by atoms with Gasteiger partial charge in [0.2, 0.25) is 0 Å². The van der Waals surface area contributed by atoms with Gasteiger partial charge in [0.1, 0.15) is 17.2 Å². The number of hydrogen-bond donors (Lipinski definition) is 2. The number of amides is 1. The number of carbonyl (C=O) groups is 1. The number of aliphatic imine (C=N–C) groups is 1. The van der Waals surface area contributed by atoms with Crippen LogP contribution in [-0.4, -0.2) is 34.9 Å². The minimum atomic E-state index is -3.10. The molecule has 1 aliphatic rings. The molecule has 0 aliphatic carbocycles. The molecular weight excluding hydrogens is 401 g/mol. The summed E-state index contributed by atoms with van der Waals surface area (Å²) in [4.78, 5) is 22.8. The zero-order chi connectivity index (χ0) is 21.2. The van der Waals surface area contributed by atoms with Crippen molar-refractivity contribution in [2.24, 2.45) is 10.7 Å². The number of aromatic nitrogens is 2. The fourth-order valence-electron chi connectivity index (χ4n) is 2.76. The molecule has 7 nitrogen and oxygen atoms in total. The van der Waals surface area contributed by atoms with Crippen LogP contribution in [-0.2, 0) is 10.3 Å². The number of alkyl halides is 4. The van der Waals surface area contributed by atoms with Crippen LogP contribution in [0.5, 0.6) is 0 Å². The van der Waals surface area contributed by atoms with E-state index in [2.05, 4.69) is 20.3 Å². The Morgan fingerprint density at radius 3 is 2.55 bits per heavy atom. The fraction of sp³-hybridized carbons (Fsp3) is 0.294. The van der Waals surface area contributed by atoms with E-state index in [4.69, 9.17) is 10.5 Å². The van der Waals surface area contributed by atoms with Crippen molar-refractivity contribution < 1.29 is 31.5 Å². The van der Waals surface area contributed by atoms with Gasteiger partial charge < -0.3 is 15.8 Å². The van der Waals surface area contributed by atoms with E-state index < -0.39 is 47.4 Å². The van der Waals surface area contributed by atoms with Gasteiger partial charge in [-0.15, -0.1) is 0 Å². The van der Waals surface area contributed by atoms with E-state index in [1.807, 2.05) is 0 Å². The third kappa shape index (κ3) is 4.10. The number of rotatable bonds is 5. The molecule has 154 valence electrons. The van der Waals surface area contributed by atoms with E-state index in [1.165, 1.54) is 0 Å². The van der Waals surface area contributed by atoms with Crippen LogP contribution in [0.1, 0.15) is 34.6 Å². The molecule has 0 spiro atoms. The average Bonchev–Trinajstić information content (AvgIpc) is 2.69. The highest BCUT2D eigenvalue weighted by Gasteiger charge is 2.46. The van der Waals surface area contributed by atoms with Gasteiger partial charge in [-0.2, -0.15) is 0 Å². The predicted octanol–water partition coefficient (Wildman–Crippen LogP) is 3.00. The Bertz CT molecular complexity index is 938. The second kappa shape index (κ2) is 7.97. The highest BCUT2D eigenvalue weighted by Crippen LogP contribution is 2.40. The molecule has 1 aliphatic heterocycles. The molecule has 0 saturated carbocycles. The normalized spacial score (nSPS) is 19.1. The van der Waals surface area contributed by atoms with Crippen molar-refractivity contribution in [1.82, 2.24) is 9.97 Å². The zero-order valence-electron chi connectivity index (χ0n) is 14.6. The highest BCUT2D eigenvalue weighted by molar-refractivity contribution is 6.02. The van der Waals surface area contributed by atoms with E-state index in [1.54, 1.807) is 0 Å². The molecule has 0 unspecified atom stereocenters. The summed E-state index contributed by atoms with van der Waals surface area (Å²) >= 11 is 0. The number of carbonyl (C=O) groups excluding carboxylic acids is 1. The smallest absolute Gasteiger partial charge is 0.283 e. The third-order valence-electron chi connectivity index (χ3n) is 4.22. The van der Waals surface area contributed by atoms with E-state index >= 15 is 0 Å². The SMILES string of the molecule is NC1=N[C@@](c2cc(NC(=O)c3cnc(C(F)F)cn3)ccc2F)(C(F)F)CCO1. The van der Waals surface area contributed by atoms with Gasteiger partial charge in [-0.05, 0) is 18.2 Å². The van der Waals surface area contributed by atoms with Crippen LogP contribution < -0.4 is 11.1 Å². The van der Waals surface area contributed by atoms with Crippen LogP contribution in [0.2, 0.25) is 0 Å². The third-order valence-corrected chi connectivity index (χ3v) is 4.22. The minimum absolute atomic E-state index is 0.0357. The maximum Gasteiger partial charge on any atom is 0.283 e. The summed E-state index contributed by atoms with van der Waals surface area (Å²) in [5.41, 5.74) is 1.71. The minimum Gasteiger partial charge on any atom is -0.465 e. The van der Waals surface area contributed by atoms with Gasteiger partial charge in [-0.25, -0.2) is 31.9 Å². The molecule has 1 aromatic heterocycles. The first-order valence-corrected chi connectivity index (χ1v) is 8.20. The number of benzene rings is 1. The quantitative estimate of drug-likeness (QED) is 0.731. The summed E-state index contributed by atoms with van der Waals surface area (Å²) in [7, 11) is 0. The molecular formula is C17H14F5N5O2. The van der Waals surface area contributed by atoms with E-state index in [9.17, 15) is 26.7 Å². The molecule has 2 heterocycles. The van der Waals surface area contributed by atoms with E-state index in [0.717, 1.165) is 30.6 Å². The van der Waals surface area contributed by atoms with Gasteiger partial charge in [0.25, 0.3) is 24.8 Å². The second-order valence-electron chi connectivity index (χ2n) is 6.05. The highest BCUT2D eigenvalue weighted by atomic mass is 19.3. The number of nitrogens with one attached hydrogen (secondary N) is 1. The van der Waals surface area contributed by atoms with Crippen molar-refractivity contribution in [3.63, 3.8) is 0 Å². The number of hydrogen-bond acceptors (Lipinski definition) is 6. The van der Waals surface area contributed by atoms with Crippen LogP contribution in [0.3, 0.4) is 0 Å². The molecule has 1 aromatic carbocycles. The Morgan fingerprint density at radius 2 is 1.97 bits per heavy atom. The molecule has 1 atom stereocenters. The van der Waals surface area contributed by atoms with Gasteiger partial charge in [0.05, 0.1) is 19.0 Å². The van der Waals surface area contributed by atoms with Crippen LogP contribution >= 0.6 is 0 Å². The average molecular weight is 415 g/mol. The Labute approximate surface area is 160 Å². The molecule has 3 N–H and O–H groups in total. The summed E-state index contributed by atoms with van der Waals surface area (Å²) in [6.45, 7) is -0.193. The maximum absolute atomic E-state index is 14.4. The summed E-state index contributed by atoms with van der Waals surface area (Å²) < 4.78 is 71.9. The molecule has 0 radical (unpaired) electrons. The Morgan fingerprint density at radius 1 is 1.21 bits per heavy atom. The fourth-order valence-corrected chi connectivity index (χ4v) is 2.76. The lowest BCUT2D eigenvalue weighted by atomic mass is 9.86. The number of nitrogens with zero attached hydrogens (tertiary/aromatic N) is 3. The lowest BCUT2D eigenvalue weighted by Crippen LogP contribution is -2.41. The number of ether oxygens (including phenoxy) is 1. The van der Waals surface area contributed by atoms with Crippen molar-refractivity contribution in [2.45, 2.75) is 24.8 Å². The number of halogens is 5. The number of nitrogens with two attached hydrogens (primary N) is 1. The van der Waals surface area contributed by atoms with Gasteiger partial charge in [0.15, 0.2) is 5.54 Å². The molecule has 29 heavy (non-hydrogen) atoms. The maximum atomic E-state index is 14.4. The predicted molar refractivity (Wildman–Crippen MR) is 91.2 cm³/mol. The Hall–Kier alpha value is -3.31.